The first-order valence-corrected chi connectivity index (χ1v) is 8.01. The lowest BCUT2D eigenvalue weighted by Gasteiger charge is -2.47. The lowest BCUT2D eigenvalue weighted by Crippen LogP contribution is -2.61. The van der Waals surface area contributed by atoms with E-state index in [1.165, 1.54) is 12.1 Å². The largest absolute Gasteiger partial charge is 0.386 e. The Balaban J connectivity index is 2.38. The number of benzene rings is 1. The Kier molecular flexibility index (Phi) is 3.47. The minimum Gasteiger partial charge on any atom is -0.386 e. The van der Waals surface area contributed by atoms with Crippen LogP contribution in [-0.4, -0.2) is 43.4 Å². The molecule has 1 aromatic carbocycles. The SMILES string of the molecule is CCC1(O)CN(c2ccc(S(C)(=O)=O)cc2[N+](=O)[O-])C1. The van der Waals surface area contributed by atoms with Gasteiger partial charge in [0.2, 0.25) is 0 Å². The van der Waals surface area contributed by atoms with Crippen LogP contribution >= 0.6 is 0 Å². The van der Waals surface area contributed by atoms with E-state index in [-0.39, 0.29) is 10.6 Å². The van der Waals surface area contributed by atoms with E-state index in [0.717, 1.165) is 12.3 Å². The molecule has 2 rings (SSSR count). The summed E-state index contributed by atoms with van der Waals surface area (Å²) in [5.74, 6) is 0. The molecule has 7 nitrogen and oxygen atoms in total. The van der Waals surface area contributed by atoms with Crippen molar-refractivity contribution in [3.05, 3.63) is 28.3 Å². The lowest BCUT2D eigenvalue weighted by atomic mass is 9.90. The fraction of sp³-hybridized carbons (Fsp3) is 0.500. The molecule has 1 heterocycles. The van der Waals surface area contributed by atoms with E-state index in [1.54, 1.807) is 4.90 Å². The van der Waals surface area contributed by atoms with Gasteiger partial charge >= 0.3 is 0 Å². The smallest absolute Gasteiger partial charge is 0.293 e. The van der Waals surface area contributed by atoms with Crippen molar-refractivity contribution < 1.29 is 18.4 Å². The zero-order chi connectivity index (χ0) is 15.1. The van der Waals surface area contributed by atoms with Gasteiger partial charge in [-0.05, 0) is 18.6 Å². The van der Waals surface area contributed by atoms with Crippen LogP contribution in [0.25, 0.3) is 0 Å². The van der Waals surface area contributed by atoms with Gasteiger partial charge in [-0.3, -0.25) is 10.1 Å². The van der Waals surface area contributed by atoms with Gasteiger partial charge in [-0.15, -0.1) is 0 Å². The van der Waals surface area contributed by atoms with Crippen LogP contribution in [0.15, 0.2) is 23.1 Å². The number of aliphatic hydroxyl groups is 1. The number of rotatable bonds is 4. The number of nitro benzene ring substituents is 1. The van der Waals surface area contributed by atoms with Crippen molar-refractivity contribution in [3.63, 3.8) is 0 Å². The van der Waals surface area contributed by atoms with Crippen molar-refractivity contribution in [1.82, 2.24) is 0 Å². The Morgan fingerprint density at radius 1 is 1.45 bits per heavy atom. The third kappa shape index (κ3) is 2.61. The first-order chi connectivity index (χ1) is 9.16. The summed E-state index contributed by atoms with van der Waals surface area (Å²) in [7, 11) is -3.49. The summed E-state index contributed by atoms with van der Waals surface area (Å²) in [4.78, 5) is 12.1. The number of nitrogens with zero attached hydrogens (tertiary/aromatic N) is 2. The second-order valence-electron chi connectivity index (χ2n) is 5.11. The summed E-state index contributed by atoms with van der Waals surface area (Å²) in [6, 6.07) is 3.83. The molecule has 1 aliphatic rings. The highest BCUT2D eigenvalue weighted by molar-refractivity contribution is 7.90. The minimum atomic E-state index is -3.49. The molecule has 110 valence electrons. The third-order valence-corrected chi connectivity index (χ3v) is 4.65. The molecule has 0 bridgehead atoms. The quantitative estimate of drug-likeness (QED) is 0.656. The van der Waals surface area contributed by atoms with Crippen molar-refractivity contribution >= 4 is 21.2 Å². The number of nitro groups is 1. The summed E-state index contributed by atoms with van der Waals surface area (Å²) < 4.78 is 22.9. The van der Waals surface area contributed by atoms with Gasteiger partial charge in [0, 0.05) is 25.4 Å². The Bertz CT molecular complexity index is 650. The molecule has 20 heavy (non-hydrogen) atoms. The third-order valence-electron chi connectivity index (χ3n) is 3.54. The number of hydrogen-bond donors (Lipinski definition) is 1. The molecule has 0 radical (unpaired) electrons. The lowest BCUT2D eigenvalue weighted by molar-refractivity contribution is -0.384. The maximum Gasteiger partial charge on any atom is 0.293 e. The van der Waals surface area contributed by atoms with Crippen molar-refractivity contribution in [2.45, 2.75) is 23.8 Å². The van der Waals surface area contributed by atoms with Crippen LogP contribution in [0, 0.1) is 10.1 Å². The van der Waals surface area contributed by atoms with Crippen molar-refractivity contribution in [2.75, 3.05) is 24.2 Å². The fourth-order valence-corrected chi connectivity index (χ4v) is 2.85. The van der Waals surface area contributed by atoms with E-state index >= 15 is 0 Å². The number of β-amino-alcohol motifs (C(OH)–C–C–N with tert-alkyl or cyclic N) is 1. The Morgan fingerprint density at radius 3 is 2.50 bits per heavy atom. The Morgan fingerprint density at radius 2 is 2.05 bits per heavy atom. The van der Waals surface area contributed by atoms with Crippen molar-refractivity contribution in [1.29, 1.82) is 0 Å². The number of hydrogen-bond acceptors (Lipinski definition) is 6. The van der Waals surface area contributed by atoms with Gasteiger partial charge in [0.1, 0.15) is 5.69 Å². The predicted molar refractivity (Wildman–Crippen MR) is 73.7 cm³/mol. The van der Waals surface area contributed by atoms with Crippen LogP contribution in [0.5, 0.6) is 0 Å². The molecule has 0 saturated carbocycles. The molecular weight excluding hydrogens is 284 g/mol. The van der Waals surface area contributed by atoms with Crippen LogP contribution in [0.2, 0.25) is 0 Å². The highest BCUT2D eigenvalue weighted by Crippen LogP contribution is 2.37. The van der Waals surface area contributed by atoms with E-state index in [2.05, 4.69) is 0 Å². The standard InChI is InChI=1S/C12H16N2O5S/c1-3-12(15)7-13(8-12)10-5-4-9(20(2,18)19)6-11(10)14(16)17/h4-6,15H,3,7-8H2,1-2H3. The summed E-state index contributed by atoms with van der Waals surface area (Å²) >= 11 is 0. The summed E-state index contributed by atoms with van der Waals surface area (Å²) in [6.07, 6.45) is 1.57. The molecule has 0 atom stereocenters. The van der Waals surface area contributed by atoms with E-state index < -0.39 is 20.4 Å². The fourth-order valence-electron chi connectivity index (χ4n) is 2.21. The van der Waals surface area contributed by atoms with E-state index in [9.17, 15) is 23.6 Å². The van der Waals surface area contributed by atoms with Gasteiger partial charge < -0.3 is 10.0 Å². The second kappa shape index (κ2) is 4.71. The predicted octanol–water partition coefficient (Wildman–Crippen LogP) is 0.959. The molecule has 1 aromatic rings. The molecule has 1 N–H and O–H groups in total. The summed E-state index contributed by atoms with van der Waals surface area (Å²) in [6.45, 7) is 2.46. The van der Waals surface area contributed by atoms with Gasteiger partial charge in [0.05, 0.1) is 15.4 Å². The topological polar surface area (TPSA) is 101 Å². The van der Waals surface area contributed by atoms with Crippen LogP contribution in [-0.2, 0) is 9.84 Å². The van der Waals surface area contributed by atoms with Crippen LogP contribution in [0.1, 0.15) is 13.3 Å². The second-order valence-corrected chi connectivity index (χ2v) is 7.13. The molecule has 0 amide bonds. The zero-order valence-electron chi connectivity index (χ0n) is 11.2. The Labute approximate surface area is 116 Å². The highest BCUT2D eigenvalue weighted by atomic mass is 32.2. The molecule has 0 unspecified atom stereocenters. The van der Waals surface area contributed by atoms with Crippen molar-refractivity contribution in [3.8, 4) is 0 Å². The van der Waals surface area contributed by atoms with Gasteiger partial charge in [-0.2, -0.15) is 0 Å². The molecule has 1 saturated heterocycles. The normalized spacial score (nSPS) is 17.6. The first-order valence-electron chi connectivity index (χ1n) is 6.12. The molecule has 0 aromatic heterocycles. The van der Waals surface area contributed by atoms with Crippen LogP contribution < -0.4 is 4.90 Å². The van der Waals surface area contributed by atoms with E-state index in [0.29, 0.717) is 25.2 Å². The van der Waals surface area contributed by atoms with E-state index in [4.69, 9.17) is 0 Å². The first kappa shape index (κ1) is 14.7. The zero-order valence-corrected chi connectivity index (χ0v) is 12.1. The van der Waals surface area contributed by atoms with Crippen LogP contribution in [0.4, 0.5) is 11.4 Å². The molecule has 1 aliphatic heterocycles. The maximum atomic E-state index is 11.4. The molecule has 0 spiro atoms. The highest BCUT2D eigenvalue weighted by Gasteiger charge is 2.41. The molecule has 8 heteroatoms. The molecule has 0 aliphatic carbocycles. The number of anilines is 1. The van der Waals surface area contributed by atoms with Crippen molar-refractivity contribution in [2.24, 2.45) is 0 Å². The van der Waals surface area contributed by atoms with Gasteiger partial charge in [-0.1, -0.05) is 6.92 Å². The van der Waals surface area contributed by atoms with E-state index in [1.807, 2.05) is 6.92 Å². The van der Waals surface area contributed by atoms with Gasteiger partial charge in [-0.25, -0.2) is 8.42 Å². The van der Waals surface area contributed by atoms with Gasteiger partial charge in [0.25, 0.3) is 5.69 Å². The monoisotopic (exact) mass is 300 g/mol. The summed E-state index contributed by atoms with van der Waals surface area (Å²) in [5.41, 5.74) is -0.741. The molecular formula is C12H16N2O5S. The average Bonchev–Trinajstić information content (AvgIpc) is 2.33. The summed E-state index contributed by atoms with van der Waals surface area (Å²) in [5, 5.41) is 21.1. The van der Waals surface area contributed by atoms with Crippen LogP contribution in [0.3, 0.4) is 0 Å². The van der Waals surface area contributed by atoms with Gasteiger partial charge in [0.15, 0.2) is 9.84 Å². The minimum absolute atomic E-state index is 0.0840. The Hall–Kier alpha value is -1.67. The average molecular weight is 300 g/mol. The molecule has 1 fully saturated rings. The number of sulfone groups is 1. The maximum absolute atomic E-state index is 11.4.